The second-order valence-electron chi connectivity index (χ2n) is 8.54. The van der Waals surface area contributed by atoms with Crippen LogP contribution in [0.15, 0.2) is 77.9 Å². The molecule has 188 valence electrons. The Morgan fingerprint density at radius 1 is 1.11 bits per heavy atom. The molecule has 0 aliphatic heterocycles. The number of fused-ring (bicyclic) bond motifs is 1. The Morgan fingerprint density at radius 2 is 2.00 bits per heavy atom. The number of nitrogens with zero attached hydrogens (tertiary/aromatic N) is 2. The molecular formula is C29H33N3O4. The first-order valence-corrected chi connectivity index (χ1v) is 12.4. The zero-order valence-corrected chi connectivity index (χ0v) is 20.7. The second kappa shape index (κ2) is 12.6. The third-order valence-electron chi connectivity index (χ3n) is 5.98. The van der Waals surface area contributed by atoms with Crippen molar-refractivity contribution in [2.24, 2.45) is 0 Å². The normalized spacial score (nSPS) is 10.9. The number of unbranched alkanes of at least 4 members (excludes halogenated alkanes) is 1. The number of carbonyl (C=O) groups excluding carboxylic acids is 1. The fourth-order valence-corrected chi connectivity index (χ4v) is 4.19. The quantitative estimate of drug-likeness (QED) is 0.185. The van der Waals surface area contributed by atoms with E-state index in [1.165, 1.54) is 6.26 Å². The summed E-state index contributed by atoms with van der Waals surface area (Å²) in [4.78, 5) is 16.9. The molecule has 7 heteroatoms. The number of aromatic nitrogens is 2. The number of hydrogen-bond donors (Lipinski definition) is 1. The molecule has 0 aliphatic rings. The lowest BCUT2D eigenvalue weighted by Crippen LogP contribution is -2.24. The minimum absolute atomic E-state index is 0.194. The van der Waals surface area contributed by atoms with E-state index in [1.54, 1.807) is 19.2 Å². The van der Waals surface area contributed by atoms with Gasteiger partial charge in [-0.05, 0) is 67.6 Å². The largest absolute Gasteiger partial charge is 0.493 e. The second-order valence-corrected chi connectivity index (χ2v) is 8.54. The summed E-state index contributed by atoms with van der Waals surface area (Å²) in [5.74, 6) is 2.67. The molecule has 0 aliphatic carbocycles. The fraction of sp³-hybridized carbons (Fsp3) is 0.310. The Balaban J connectivity index is 1.29. The molecule has 36 heavy (non-hydrogen) atoms. The van der Waals surface area contributed by atoms with Crippen molar-refractivity contribution in [2.45, 2.75) is 38.6 Å². The van der Waals surface area contributed by atoms with Crippen LogP contribution < -0.4 is 14.8 Å². The number of amides is 1. The number of methoxy groups -OCH3 is 1. The average molecular weight is 488 g/mol. The predicted molar refractivity (Wildman–Crippen MR) is 141 cm³/mol. The van der Waals surface area contributed by atoms with Crippen LogP contribution in [-0.4, -0.2) is 35.7 Å². The summed E-state index contributed by atoms with van der Waals surface area (Å²) in [6, 6.07) is 17.6. The highest BCUT2D eigenvalue weighted by Crippen LogP contribution is 2.28. The van der Waals surface area contributed by atoms with E-state index in [0.29, 0.717) is 18.9 Å². The summed E-state index contributed by atoms with van der Waals surface area (Å²) in [5, 5.41) is 2.90. The fourth-order valence-electron chi connectivity index (χ4n) is 4.19. The van der Waals surface area contributed by atoms with E-state index in [0.717, 1.165) is 72.6 Å². The molecule has 4 rings (SSSR count). The number of imidazole rings is 1. The van der Waals surface area contributed by atoms with Gasteiger partial charge in [-0.2, -0.15) is 0 Å². The first kappa shape index (κ1) is 25.1. The van der Waals surface area contributed by atoms with Gasteiger partial charge in [0.05, 0.1) is 31.0 Å². The number of rotatable bonds is 14. The van der Waals surface area contributed by atoms with Gasteiger partial charge in [-0.15, -0.1) is 6.58 Å². The number of para-hydroxylation sites is 2. The number of benzene rings is 2. The molecule has 0 radical (unpaired) electrons. The number of ether oxygens (including phenoxy) is 2. The zero-order chi connectivity index (χ0) is 25.2. The van der Waals surface area contributed by atoms with Crippen LogP contribution >= 0.6 is 0 Å². The van der Waals surface area contributed by atoms with E-state index < -0.39 is 0 Å². The molecule has 2 heterocycles. The molecule has 2 aromatic heterocycles. The summed E-state index contributed by atoms with van der Waals surface area (Å²) in [5.41, 5.74) is 3.27. The summed E-state index contributed by atoms with van der Waals surface area (Å²) in [6.07, 6.45) is 7.61. The summed E-state index contributed by atoms with van der Waals surface area (Å²) < 4.78 is 18.9. The molecule has 0 saturated heterocycles. The van der Waals surface area contributed by atoms with Gasteiger partial charge in [0.15, 0.2) is 17.3 Å². The Bertz CT molecular complexity index is 1280. The molecular weight excluding hydrogens is 454 g/mol. The SMILES string of the molecule is C=CCc1ccc(OCCCCn2c(CCCNC(=O)c3ccco3)nc3ccccc32)c(OC)c1. The predicted octanol–water partition coefficient (Wildman–Crippen LogP) is 5.59. The first-order valence-electron chi connectivity index (χ1n) is 12.4. The van der Waals surface area contributed by atoms with Crippen molar-refractivity contribution in [1.82, 2.24) is 14.9 Å². The Labute approximate surface area is 211 Å². The minimum Gasteiger partial charge on any atom is -0.493 e. The number of nitrogens with one attached hydrogen (secondary N) is 1. The van der Waals surface area contributed by atoms with Gasteiger partial charge in [0.1, 0.15) is 5.82 Å². The van der Waals surface area contributed by atoms with Gasteiger partial charge < -0.3 is 23.8 Å². The highest BCUT2D eigenvalue weighted by atomic mass is 16.5. The molecule has 7 nitrogen and oxygen atoms in total. The van der Waals surface area contributed by atoms with Crippen LogP contribution in [0.3, 0.4) is 0 Å². The van der Waals surface area contributed by atoms with Gasteiger partial charge in [0, 0.05) is 19.5 Å². The number of furan rings is 1. The number of allylic oxidation sites excluding steroid dienone is 1. The van der Waals surface area contributed by atoms with E-state index in [9.17, 15) is 4.79 Å². The lowest BCUT2D eigenvalue weighted by Gasteiger charge is -2.13. The monoisotopic (exact) mass is 487 g/mol. The molecule has 0 saturated carbocycles. The smallest absolute Gasteiger partial charge is 0.286 e. The van der Waals surface area contributed by atoms with E-state index >= 15 is 0 Å². The molecule has 0 bridgehead atoms. The Morgan fingerprint density at radius 3 is 2.81 bits per heavy atom. The maximum atomic E-state index is 12.1. The standard InChI is InChI=1S/C29H33N3O4/c1-3-10-22-15-16-25(27(21-22)34-2)35-19-7-6-18-32-24-12-5-4-11-23(24)31-28(32)14-8-17-30-29(33)26-13-9-20-36-26/h3-5,9,11-13,15-16,20-21H,1,6-8,10,14,17-19H2,2H3,(H,30,33). The number of carbonyl (C=O) groups is 1. The molecule has 0 atom stereocenters. The van der Waals surface area contributed by atoms with Crippen LogP contribution in [0.5, 0.6) is 11.5 Å². The maximum absolute atomic E-state index is 12.1. The van der Waals surface area contributed by atoms with E-state index in [4.69, 9.17) is 18.9 Å². The third kappa shape index (κ3) is 6.36. The van der Waals surface area contributed by atoms with Gasteiger partial charge >= 0.3 is 0 Å². The van der Waals surface area contributed by atoms with Crippen molar-refractivity contribution in [3.63, 3.8) is 0 Å². The zero-order valence-electron chi connectivity index (χ0n) is 20.7. The van der Waals surface area contributed by atoms with Crippen LogP contribution in [-0.2, 0) is 19.4 Å². The van der Waals surface area contributed by atoms with Crippen molar-refractivity contribution in [1.29, 1.82) is 0 Å². The topological polar surface area (TPSA) is 78.5 Å². The third-order valence-corrected chi connectivity index (χ3v) is 5.98. The summed E-state index contributed by atoms with van der Waals surface area (Å²) in [7, 11) is 1.66. The van der Waals surface area contributed by atoms with Gasteiger partial charge in [0.25, 0.3) is 5.91 Å². The molecule has 1 N–H and O–H groups in total. The van der Waals surface area contributed by atoms with Crippen molar-refractivity contribution < 1.29 is 18.7 Å². The molecule has 2 aromatic carbocycles. The van der Waals surface area contributed by atoms with Gasteiger partial charge in [-0.3, -0.25) is 4.79 Å². The minimum atomic E-state index is -0.194. The van der Waals surface area contributed by atoms with E-state index in [-0.39, 0.29) is 5.91 Å². The lowest BCUT2D eigenvalue weighted by molar-refractivity contribution is 0.0925. The van der Waals surface area contributed by atoms with Crippen molar-refractivity contribution in [3.05, 3.63) is 90.7 Å². The highest BCUT2D eigenvalue weighted by molar-refractivity contribution is 5.91. The van der Waals surface area contributed by atoms with Crippen LogP contribution in [0.2, 0.25) is 0 Å². The van der Waals surface area contributed by atoms with Crippen molar-refractivity contribution in [2.75, 3.05) is 20.3 Å². The average Bonchev–Trinajstić information content (AvgIpc) is 3.56. The molecule has 0 unspecified atom stereocenters. The first-order chi connectivity index (χ1) is 17.7. The van der Waals surface area contributed by atoms with E-state index in [1.807, 2.05) is 42.5 Å². The molecule has 0 fully saturated rings. The van der Waals surface area contributed by atoms with Gasteiger partial charge in [0.2, 0.25) is 0 Å². The molecule has 4 aromatic rings. The van der Waals surface area contributed by atoms with Crippen LogP contribution in [0.1, 0.15) is 41.2 Å². The lowest BCUT2D eigenvalue weighted by atomic mass is 10.1. The summed E-state index contributed by atoms with van der Waals surface area (Å²) in [6.45, 7) is 5.81. The summed E-state index contributed by atoms with van der Waals surface area (Å²) >= 11 is 0. The number of hydrogen-bond acceptors (Lipinski definition) is 5. The van der Waals surface area contributed by atoms with Crippen LogP contribution in [0.4, 0.5) is 0 Å². The maximum Gasteiger partial charge on any atom is 0.286 e. The van der Waals surface area contributed by atoms with Gasteiger partial charge in [-0.25, -0.2) is 4.98 Å². The van der Waals surface area contributed by atoms with Gasteiger partial charge in [-0.1, -0.05) is 24.3 Å². The van der Waals surface area contributed by atoms with Crippen LogP contribution in [0, 0.1) is 0 Å². The molecule has 0 spiro atoms. The van der Waals surface area contributed by atoms with Crippen molar-refractivity contribution in [3.8, 4) is 11.5 Å². The Hall–Kier alpha value is -4.00. The number of aryl methyl sites for hydroxylation is 2. The van der Waals surface area contributed by atoms with Crippen LogP contribution in [0.25, 0.3) is 11.0 Å². The van der Waals surface area contributed by atoms with Crippen molar-refractivity contribution >= 4 is 16.9 Å². The van der Waals surface area contributed by atoms with E-state index in [2.05, 4.69) is 22.5 Å². The highest BCUT2D eigenvalue weighted by Gasteiger charge is 2.12. The molecule has 1 amide bonds. The Kier molecular flexibility index (Phi) is 8.81.